The van der Waals surface area contributed by atoms with Crippen molar-refractivity contribution in [2.24, 2.45) is 0 Å². The topological polar surface area (TPSA) is 63.9 Å². The van der Waals surface area contributed by atoms with Gasteiger partial charge in [0.1, 0.15) is 0 Å². The monoisotopic (exact) mass is 359 g/mol. The molecule has 1 aromatic carbocycles. The maximum atomic E-state index is 5.45. The van der Waals surface area contributed by atoms with Crippen LogP contribution < -0.4 is 14.0 Å². The summed E-state index contributed by atoms with van der Waals surface area (Å²) < 4.78 is 12.9. The minimum Gasteiger partial charge on any atom is -0.493 e. The molecule has 0 aliphatic heterocycles. The fourth-order valence-corrected chi connectivity index (χ4v) is 3.57. The number of nitrogens with zero attached hydrogens (tertiary/aromatic N) is 3. The Bertz CT molecular complexity index is 908. The smallest absolute Gasteiger partial charge is 0.423 e. The molecule has 3 rings (SSSR count). The number of thioether (sulfide) groups is 1. The summed E-state index contributed by atoms with van der Waals surface area (Å²) in [5, 5.41) is 10.3. The van der Waals surface area contributed by atoms with Crippen LogP contribution in [0.15, 0.2) is 23.4 Å². The Kier molecular flexibility index (Phi) is 5.13. The molecule has 3 aromatic rings. The summed E-state index contributed by atoms with van der Waals surface area (Å²) in [4.78, 5) is 4.63. The van der Waals surface area contributed by atoms with Crippen LogP contribution in [-0.4, -0.2) is 35.2 Å². The van der Waals surface area contributed by atoms with Crippen molar-refractivity contribution in [3.05, 3.63) is 29.6 Å². The van der Waals surface area contributed by atoms with Crippen LogP contribution >= 0.6 is 11.8 Å². The zero-order chi connectivity index (χ0) is 18.0. The van der Waals surface area contributed by atoms with Gasteiger partial charge < -0.3 is 9.47 Å². The number of aryl methyl sites for hydroxylation is 2. The van der Waals surface area contributed by atoms with Crippen LogP contribution in [0, 0.1) is 13.8 Å². The maximum absolute atomic E-state index is 5.45. The van der Waals surface area contributed by atoms with Crippen molar-refractivity contribution in [2.75, 3.05) is 20.0 Å². The normalized spacial score (nSPS) is 11.1. The number of ether oxygens (including phenoxy) is 2. The summed E-state index contributed by atoms with van der Waals surface area (Å²) in [6, 6.07) is 6.12. The van der Waals surface area contributed by atoms with Gasteiger partial charge in [-0.1, -0.05) is 23.8 Å². The number of hydrogen-bond donors (Lipinski definition) is 1. The largest absolute Gasteiger partial charge is 0.493 e. The molecule has 1 N–H and O–H groups in total. The Labute approximate surface area is 151 Å². The van der Waals surface area contributed by atoms with Gasteiger partial charge in [-0.05, 0) is 48.8 Å². The van der Waals surface area contributed by atoms with Crippen molar-refractivity contribution in [1.29, 1.82) is 0 Å². The van der Waals surface area contributed by atoms with E-state index in [1.807, 2.05) is 12.1 Å². The third-order valence-corrected chi connectivity index (χ3v) is 5.15. The first-order valence-electron chi connectivity index (χ1n) is 8.22. The van der Waals surface area contributed by atoms with Gasteiger partial charge in [-0.25, -0.2) is 4.57 Å². The van der Waals surface area contributed by atoms with Gasteiger partial charge in [-0.15, -0.1) is 5.10 Å². The van der Waals surface area contributed by atoms with E-state index in [-0.39, 0.29) is 0 Å². The lowest BCUT2D eigenvalue weighted by atomic mass is 10.1. The first kappa shape index (κ1) is 17.5. The van der Waals surface area contributed by atoms with Crippen LogP contribution in [0.4, 0.5) is 0 Å². The van der Waals surface area contributed by atoms with Gasteiger partial charge in [0.05, 0.1) is 25.6 Å². The summed E-state index contributed by atoms with van der Waals surface area (Å²) in [5.74, 6) is 3.18. The summed E-state index contributed by atoms with van der Waals surface area (Å²) >= 11 is 1.66. The minimum atomic E-state index is 0.713. The van der Waals surface area contributed by atoms with E-state index in [1.165, 1.54) is 0 Å². The summed E-state index contributed by atoms with van der Waals surface area (Å²) in [6.45, 7) is 6.28. The van der Waals surface area contributed by atoms with Gasteiger partial charge in [0, 0.05) is 11.1 Å². The molecular weight excluding hydrogens is 336 g/mol. The van der Waals surface area contributed by atoms with E-state index in [0.717, 1.165) is 51.2 Å². The van der Waals surface area contributed by atoms with Gasteiger partial charge >= 0.3 is 5.95 Å². The quantitative estimate of drug-likeness (QED) is 0.540. The first-order valence-corrected chi connectivity index (χ1v) is 9.21. The lowest BCUT2D eigenvalue weighted by Gasteiger charge is -2.13. The highest BCUT2D eigenvalue weighted by atomic mass is 32.2. The van der Waals surface area contributed by atoms with Gasteiger partial charge in [0.25, 0.3) is 5.16 Å². The third kappa shape index (κ3) is 3.28. The molecule has 7 heteroatoms. The Morgan fingerprint density at radius 1 is 1.12 bits per heavy atom. The number of pyridine rings is 1. The molecule has 0 fully saturated rings. The first-order chi connectivity index (χ1) is 12.1. The van der Waals surface area contributed by atoms with Crippen molar-refractivity contribution in [3.63, 3.8) is 0 Å². The molecule has 0 bridgehead atoms. The molecule has 25 heavy (non-hydrogen) atoms. The predicted octanol–water partition coefficient (Wildman–Crippen LogP) is 3.37. The number of nitrogens with one attached hydrogen (secondary N) is 1. The number of rotatable bonds is 6. The van der Waals surface area contributed by atoms with Crippen LogP contribution in [-0.2, 0) is 0 Å². The summed E-state index contributed by atoms with van der Waals surface area (Å²) in [6.07, 6.45) is 1.09. The van der Waals surface area contributed by atoms with E-state index in [2.05, 4.69) is 46.6 Å². The molecule has 6 nitrogen and oxygen atoms in total. The molecule has 0 aliphatic carbocycles. The van der Waals surface area contributed by atoms with Crippen molar-refractivity contribution >= 4 is 22.5 Å². The SMILES string of the molecule is CCCSc1n[nH]c(-[n+]2c(C)cc3cc(OC)c(OC)cc3c2C)n1. The second kappa shape index (κ2) is 7.31. The molecule has 0 saturated heterocycles. The number of fused-ring (bicyclic) bond motifs is 1. The van der Waals surface area contributed by atoms with E-state index in [4.69, 9.17) is 9.47 Å². The van der Waals surface area contributed by atoms with E-state index in [0.29, 0.717) is 5.75 Å². The number of aromatic nitrogens is 4. The average molecular weight is 359 g/mol. The molecule has 0 radical (unpaired) electrons. The van der Waals surface area contributed by atoms with E-state index in [1.54, 1.807) is 26.0 Å². The zero-order valence-corrected chi connectivity index (χ0v) is 16.0. The molecular formula is C18H23N4O2S+. The van der Waals surface area contributed by atoms with E-state index < -0.39 is 0 Å². The molecule has 2 aromatic heterocycles. The van der Waals surface area contributed by atoms with Crippen LogP contribution in [0.2, 0.25) is 0 Å². The predicted molar refractivity (Wildman–Crippen MR) is 99.0 cm³/mol. The molecule has 2 heterocycles. The van der Waals surface area contributed by atoms with Gasteiger partial charge in [0.2, 0.25) is 0 Å². The standard InChI is InChI=1S/C18H23N4O2S/c1-6-7-25-18-19-17(20-21-18)22-11(2)8-13-9-15(23-4)16(24-5)10-14(13)12(22)3/h8-10H,6-7H2,1-5H3,(H,19,20,21)/q+1. The minimum absolute atomic E-state index is 0.713. The van der Waals surface area contributed by atoms with Crippen molar-refractivity contribution in [2.45, 2.75) is 32.3 Å². The molecule has 0 aliphatic rings. The van der Waals surface area contributed by atoms with Crippen LogP contribution in [0.25, 0.3) is 16.7 Å². The fraction of sp³-hybridized carbons (Fsp3) is 0.389. The third-order valence-electron chi connectivity index (χ3n) is 4.10. The lowest BCUT2D eigenvalue weighted by molar-refractivity contribution is -0.615. The van der Waals surface area contributed by atoms with Gasteiger partial charge in [-0.2, -0.15) is 0 Å². The fourth-order valence-electron chi connectivity index (χ4n) is 2.92. The van der Waals surface area contributed by atoms with E-state index >= 15 is 0 Å². The highest BCUT2D eigenvalue weighted by Crippen LogP contribution is 2.33. The highest BCUT2D eigenvalue weighted by Gasteiger charge is 2.21. The molecule has 132 valence electrons. The number of methoxy groups -OCH3 is 2. The van der Waals surface area contributed by atoms with Crippen molar-refractivity contribution in [3.8, 4) is 17.4 Å². The Morgan fingerprint density at radius 3 is 2.52 bits per heavy atom. The number of benzene rings is 1. The molecule has 0 spiro atoms. The number of aromatic amines is 1. The lowest BCUT2D eigenvalue weighted by Crippen LogP contribution is -2.39. The number of hydrogen-bond acceptors (Lipinski definition) is 5. The Balaban J connectivity index is 2.14. The Hall–Kier alpha value is -2.28. The Morgan fingerprint density at radius 2 is 1.84 bits per heavy atom. The van der Waals surface area contributed by atoms with Crippen LogP contribution in [0.5, 0.6) is 11.5 Å². The molecule has 0 amide bonds. The summed E-state index contributed by atoms with van der Waals surface area (Å²) in [7, 11) is 3.30. The van der Waals surface area contributed by atoms with E-state index in [9.17, 15) is 0 Å². The second-order valence-electron chi connectivity index (χ2n) is 5.79. The highest BCUT2D eigenvalue weighted by molar-refractivity contribution is 7.99. The summed E-state index contributed by atoms with van der Waals surface area (Å²) in [5.41, 5.74) is 2.14. The van der Waals surface area contributed by atoms with Gasteiger partial charge in [0.15, 0.2) is 11.5 Å². The van der Waals surface area contributed by atoms with Gasteiger partial charge in [-0.3, -0.25) is 0 Å². The van der Waals surface area contributed by atoms with Crippen LogP contribution in [0.1, 0.15) is 24.7 Å². The van der Waals surface area contributed by atoms with Crippen LogP contribution in [0.3, 0.4) is 0 Å². The number of H-pyrrole nitrogens is 1. The van der Waals surface area contributed by atoms with Crippen molar-refractivity contribution < 1.29 is 14.0 Å². The molecule has 0 saturated carbocycles. The maximum Gasteiger partial charge on any atom is 0.423 e. The second-order valence-corrected chi connectivity index (χ2v) is 6.85. The van der Waals surface area contributed by atoms with Crippen molar-refractivity contribution in [1.82, 2.24) is 15.2 Å². The average Bonchev–Trinajstić information content (AvgIpc) is 3.07. The molecule has 0 atom stereocenters. The zero-order valence-electron chi connectivity index (χ0n) is 15.2. The molecule has 0 unspecified atom stereocenters.